The number of carboxylic acid groups (broad SMARTS) is 1. The van der Waals surface area contributed by atoms with Gasteiger partial charge in [0.1, 0.15) is 4.90 Å². The molecule has 0 spiro atoms. The average Bonchev–Trinajstić information content (AvgIpc) is 3.16. The molecule has 3 rings (SSSR count). The van der Waals surface area contributed by atoms with Crippen LogP contribution in [0, 0.1) is 13.8 Å². The number of carboxylic acids is 1. The van der Waals surface area contributed by atoms with Crippen LogP contribution in [-0.2, 0) is 10.0 Å². The smallest absolute Gasteiger partial charge is 0.337 e. The molecule has 0 radical (unpaired) electrons. The van der Waals surface area contributed by atoms with Gasteiger partial charge in [-0.1, -0.05) is 11.6 Å². The summed E-state index contributed by atoms with van der Waals surface area (Å²) in [5, 5.41) is 13.5. The molecule has 1 aliphatic heterocycles. The van der Waals surface area contributed by atoms with Crippen molar-refractivity contribution in [1.82, 2.24) is 9.19 Å². The topological polar surface area (TPSA) is 92.5 Å². The maximum absolute atomic E-state index is 12.9. The van der Waals surface area contributed by atoms with E-state index in [2.05, 4.69) is 5.10 Å². The molecule has 2 aromatic rings. The van der Waals surface area contributed by atoms with Gasteiger partial charge in [0.05, 0.1) is 27.7 Å². The molecule has 134 valence electrons. The van der Waals surface area contributed by atoms with Crippen molar-refractivity contribution >= 4 is 33.3 Å². The van der Waals surface area contributed by atoms with E-state index in [4.69, 9.17) is 11.6 Å². The molecule has 1 aromatic heterocycles. The predicted octanol–water partition coefficient (Wildman–Crippen LogP) is 2.69. The largest absolute Gasteiger partial charge is 0.478 e. The lowest BCUT2D eigenvalue weighted by molar-refractivity contribution is 0.0697. The van der Waals surface area contributed by atoms with Gasteiger partial charge in [-0.25, -0.2) is 4.79 Å². The van der Waals surface area contributed by atoms with Crippen molar-refractivity contribution in [3.05, 3.63) is 40.2 Å². The van der Waals surface area contributed by atoms with Crippen molar-refractivity contribution in [2.75, 3.05) is 18.0 Å². The molecule has 0 saturated carbocycles. The average molecular weight is 384 g/mol. The highest BCUT2D eigenvalue weighted by Gasteiger charge is 2.28. The molecule has 0 unspecified atom stereocenters. The van der Waals surface area contributed by atoms with Crippen LogP contribution in [0.15, 0.2) is 23.1 Å². The number of carbonyl (C=O) groups is 1. The second-order valence-electron chi connectivity index (χ2n) is 6.07. The quantitative estimate of drug-likeness (QED) is 0.872. The highest BCUT2D eigenvalue weighted by Crippen LogP contribution is 2.34. The Bertz CT molecular complexity index is 947. The van der Waals surface area contributed by atoms with Crippen LogP contribution in [0.3, 0.4) is 0 Å². The number of halogens is 1. The first-order valence-corrected chi connectivity index (χ1v) is 9.64. The lowest BCUT2D eigenvalue weighted by Crippen LogP contribution is -2.22. The van der Waals surface area contributed by atoms with E-state index in [-0.39, 0.29) is 15.5 Å². The summed E-state index contributed by atoms with van der Waals surface area (Å²) in [6.07, 6.45) is 1.92. The van der Waals surface area contributed by atoms with E-state index in [0.29, 0.717) is 17.1 Å². The summed E-state index contributed by atoms with van der Waals surface area (Å²) in [5.41, 5.74) is 1.34. The molecule has 1 fully saturated rings. The van der Waals surface area contributed by atoms with Crippen LogP contribution >= 0.6 is 11.6 Å². The second kappa shape index (κ2) is 6.34. The summed E-state index contributed by atoms with van der Waals surface area (Å²) < 4.78 is 26.7. The summed E-state index contributed by atoms with van der Waals surface area (Å²) >= 11 is 6.24. The highest BCUT2D eigenvalue weighted by molar-refractivity contribution is 7.90. The Morgan fingerprint density at radius 2 is 1.84 bits per heavy atom. The Hall–Kier alpha value is -2.06. The fraction of sp³-hybridized carbons (Fsp3) is 0.375. The number of rotatable bonds is 4. The lowest BCUT2D eigenvalue weighted by Gasteiger charge is -2.21. The van der Waals surface area contributed by atoms with Crippen molar-refractivity contribution in [3.63, 3.8) is 0 Å². The third kappa shape index (κ3) is 3.11. The Kier molecular flexibility index (Phi) is 4.51. The van der Waals surface area contributed by atoms with E-state index in [9.17, 15) is 18.3 Å². The van der Waals surface area contributed by atoms with Gasteiger partial charge in [0.25, 0.3) is 10.0 Å². The van der Waals surface area contributed by atoms with E-state index in [1.54, 1.807) is 19.9 Å². The van der Waals surface area contributed by atoms with Gasteiger partial charge in [-0.2, -0.15) is 17.6 Å². The minimum Gasteiger partial charge on any atom is -0.478 e. The van der Waals surface area contributed by atoms with Gasteiger partial charge in [0.15, 0.2) is 0 Å². The third-order valence-corrected chi connectivity index (χ3v) is 6.34. The van der Waals surface area contributed by atoms with Gasteiger partial charge >= 0.3 is 5.97 Å². The molecule has 25 heavy (non-hydrogen) atoms. The minimum atomic E-state index is -4.08. The summed E-state index contributed by atoms with van der Waals surface area (Å²) in [7, 11) is -4.08. The van der Waals surface area contributed by atoms with E-state index in [1.165, 1.54) is 6.07 Å². The minimum absolute atomic E-state index is 0.0144. The zero-order valence-corrected chi connectivity index (χ0v) is 15.4. The lowest BCUT2D eigenvalue weighted by atomic mass is 10.1. The van der Waals surface area contributed by atoms with Gasteiger partial charge in [0.2, 0.25) is 0 Å². The van der Waals surface area contributed by atoms with Gasteiger partial charge in [-0.15, -0.1) is 0 Å². The number of nitrogens with zero attached hydrogens (tertiary/aromatic N) is 3. The normalized spacial score (nSPS) is 14.9. The standard InChI is InChI=1S/C16H18ClN3O4S/c1-10-7-11(2)20(18-10)25(23,24)15-8-12(16(21)22)14(9-13(15)17)19-5-3-4-6-19/h7-9H,3-6H2,1-2H3,(H,21,22). The van der Waals surface area contributed by atoms with Crippen molar-refractivity contribution in [2.45, 2.75) is 31.6 Å². The van der Waals surface area contributed by atoms with Crippen LogP contribution in [0.1, 0.15) is 34.6 Å². The van der Waals surface area contributed by atoms with E-state index >= 15 is 0 Å². The Balaban J connectivity index is 2.18. The Labute approximate surface area is 150 Å². The molecule has 2 heterocycles. The van der Waals surface area contributed by atoms with Crippen LogP contribution < -0.4 is 4.90 Å². The predicted molar refractivity (Wildman–Crippen MR) is 94.1 cm³/mol. The van der Waals surface area contributed by atoms with Crippen LogP contribution in [0.4, 0.5) is 5.69 Å². The highest BCUT2D eigenvalue weighted by atomic mass is 35.5. The van der Waals surface area contributed by atoms with Crippen molar-refractivity contribution in [1.29, 1.82) is 0 Å². The van der Waals surface area contributed by atoms with Crippen molar-refractivity contribution in [2.24, 2.45) is 0 Å². The molecule has 0 atom stereocenters. The number of aryl methyl sites for hydroxylation is 2. The summed E-state index contributed by atoms with van der Waals surface area (Å²) in [6.45, 7) is 4.74. The van der Waals surface area contributed by atoms with Crippen molar-refractivity contribution < 1.29 is 18.3 Å². The first-order chi connectivity index (χ1) is 11.7. The van der Waals surface area contributed by atoms with E-state index in [1.807, 2.05) is 4.90 Å². The molecule has 0 aliphatic carbocycles. The number of aromatic carboxylic acids is 1. The zero-order valence-electron chi connectivity index (χ0n) is 13.9. The SMILES string of the molecule is Cc1cc(C)n(S(=O)(=O)c2cc(C(=O)O)c(N3CCCC3)cc2Cl)n1. The fourth-order valence-corrected chi connectivity index (χ4v) is 4.95. The van der Waals surface area contributed by atoms with Gasteiger partial charge in [-0.3, -0.25) is 0 Å². The Morgan fingerprint density at radius 1 is 1.20 bits per heavy atom. The number of aromatic nitrogens is 2. The van der Waals surface area contributed by atoms with Crippen LogP contribution in [-0.4, -0.2) is 41.8 Å². The molecule has 1 aromatic carbocycles. The molecule has 0 bridgehead atoms. The zero-order chi connectivity index (χ0) is 18.4. The van der Waals surface area contributed by atoms with E-state index < -0.39 is 16.0 Å². The third-order valence-electron chi connectivity index (χ3n) is 4.20. The van der Waals surface area contributed by atoms with Gasteiger partial charge < -0.3 is 10.0 Å². The maximum atomic E-state index is 12.9. The first kappa shape index (κ1) is 17.8. The number of anilines is 1. The Morgan fingerprint density at radius 3 is 2.36 bits per heavy atom. The van der Waals surface area contributed by atoms with Gasteiger partial charge in [-0.05, 0) is 44.9 Å². The number of hydrogen-bond acceptors (Lipinski definition) is 5. The summed E-state index contributed by atoms with van der Waals surface area (Å²) in [6, 6.07) is 4.18. The molecule has 0 amide bonds. The van der Waals surface area contributed by atoms with Crippen LogP contribution in [0.5, 0.6) is 0 Å². The fourth-order valence-electron chi connectivity index (χ4n) is 3.08. The molecule has 1 aliphatic rings. The molecular weight excluding hydrogens is 366 g/mol. The molecule has 1 N–H and O–H groups in total. The first-order valence-electron chi connectivity index (χ1n) is 7.82. The monoisotopic (exact) mass is 383 g/mol. The van der Waals surface area contributed by atoms with E-state index in [0.717, 1.165) is 36.1 Å². The molecule has 9 heteroatoms. The van der Waals surface area contributed by atoms with Crippen LogP contribution in [0.2, 0.25) is 5.02 Å². The van der Waals surface area contributed by atoms with Crippen molar-refractivity contribution in [3.8, 4) is 0 Å². The van der Waals surface area contributed by atoms with Crippen LogP contribution in [0.25, 0.3) is 0 Å². The molecule has 1 saturated heterocycles. The molecule has 7 nitrogen and oxygen atoms in total. The maximum Gasteiger partial charge on any atom is 0.337 e. The summed E-state index contributed by atoms with van der Waals surface area (Å²) in [4.78, 5) is 13.3. The number of hydrogen-bond donors (Lipinski definition) is 1. The number of benzene rings is 1. The second-order valence-corrected chi connectivity index (χ2v) is 8.22. The molecular formula is C16H18ClN3O4S. The van der Waals surface area contributed by atoms with Gasteiger partial charge in [0, 0.05) is 13.1 Å². The summed E-state index contributed by atoms with van der Waals surface area (Å²) in [5.74, 6) is -1.19.